The molecule has 1 rings (SSSR count). The van der Waals surface area contributed by atoms with Gasteiger partial charge in [-0.25, -0.2) is 0 Å². The molecule has 4 heteroatoms. The van der Waals surface area contributed by atoms with Crippen LogP contribution in [0.3, 0.4) is 0 Å². The first-order valence-electron chi connectivity index (χ1n) is 3.76. The molecule has 0 saturated carbocycles. The van der Waals surface area contributed by atoms with Gasteiger partial charge in [-0.15, -0.1) is 0 Å². The Morgan fingerprint density at radius 2 is 2.54 bits per heavy atom. The Hall–Kier alpha value is -1.21. The summed E-state index contributed by atoms with van der Waals surface area (Å²) in [7, 11) is 0. The molecule has 0 aliphatic carbocycles. The van der Waals surface area contributed by atoms with E-state index >= 15 is 0 Å². The van der Waals surface area contributed by atoms with Gasteiger partial charge in [-0.05, 0) is 35.0 Å². The Morgan fingerprint density at radius 3 is 3.00 bits per heavy atom. The second-order valence-corrected chi connectivity index (χ2v) is 2.96. The lowest BCUT2D eigenvalue weighted by Gasteiger charge is -2.02. The van der Waals surface area contributed by atoms with Crippen molar-refractivity contribution in [3.63, 3.8) is 0 Å². The Kier molecular flexibility index (Phi) is 3.59. The van der Waals surface area contributed by atoms with Crippen molar-refractivity contribution in [2.24, 2.45) is 0 Å². The van der Waals surface area contributed by atoms with E-state index in [0.717, 1.165) is 0 Å². The first kappa shape index (κ1) is 9.87. The van der Waals surface area contributed by atoms with Crippen LogP contribution in [0, 0.1) is 11.3 Å². The van der Waals surface area contributed by atoms with Gasteiger partial charge >= 0.3 is 0 Å². The van der Waals surface area contributed by atoms with Crippen molar-refractivity contribution in [1.82, 2.24) is 0 Å². The molecule has 0 atom stereocenters. The van der Waals surface area contributed by atoms with Crippen molar-refractivity contribution in [1.29, 1.82) is 5.26 Å². The van der Waals surface area contributed by atoms with Gasteiger partial charge < -0.3 is 9.15 Å². The van der Waals surface area contributed by atoms with Crippen LogP contribution < -0.4 is 0 Å². The monoisotopic (exact) mass is 241 g/mol. The minimum absolute atomic E-state index is 0.454. The number of rotatable bonds is 3. The third kappa shape index (κ3) is 2.63. The van der Waals surface area contributed by atoms with Crippen molar-refractivity contribution in [3.05, 3.63) is 28.6 Å². The van der Waals surface area contributed by atoms with Crippen LogP contribution in [-0.4, -0.2) is 6.61 Å². The van der Waals surface area contributed by atoms with Crippen LogP contribution in [0.25, 0.3) is 5.76 Å². The summed E-state index contributed by atoms with van der Waals surface area (Å²) < 4.78 is 11.0. The van der Waals surface area contributed by atoms with Crippen LogP contribution in [0.4, 0.5) is 0 Å². The number of furan rings is 1. The molecule has 3 nitrogen and oxygen atoms in total. The van der Waals surface area contributed by atoms with Crippen molar-refractivity contribution >= 4 is 21.7 Å². The highest BCUT2D eigenvalue weighted by Crippen LogP contribution is 2.21. The van der Waals surface area contributed by atoms with Crippen LogP contribution in [0.2, 0.25) is 0 Å². The first-order chi connectivity index (χ1) is 6.27. The minimum atomic E-state index is 0.454. The molecule has 0 aliphatic rings. The summed E-state index contributed by atoms with van der Waals surface area (Å²) >= 11 is 3.17. The lowest BCUT2D eigenvalue weighted by atomic mass is 10.3. The number of ether oxygens (including phenoxy) is 1. The zero-order valence-electron chi connectivity index (χ0n) is 7.08. The molecule has 0 amide bonds. The maximum absolute atomic E-state index is 8.47. The van der Waals surface area contributed by atoms with Gasteiger partial charge in [0.15, 0.2) is 16.2 Å². The molecule has 1 aromatic rings. The second kappa shape index (κ2) is 4.73. The van der Waals surface area contributed by atoms with Crippen molar-refractivity contribution in [2.45, 2.75) is 6.92 Å². The summed E-state index contributed by atoms with van der Waals surface area (Å²) in [6, 6.07) is 5.39. The van der Waals surface area contributed by atoms with Gasteiger partial charge in [-0.2, -0.15) is 5.26 Å². The van der Waals surface area contributed by atoms with Crippen LogP contribution in [-0.2, 0) is 4.74 Å². The fourth-order valence-electron chi connectivity index (χ4n) is 0.845. The van der Waals surface area contributed by atoms with Gasteiger partial charge in [0.1, 0.15) is 0 Å². The maximum atomic E-state index is 8.47. The smallest absolute Gasteiger partial charge is 0.172 e. The zero-order valence-corrected chi connectivity index (χ0v) is 8.67. The number of halogens is 1. The number of hydrogen-bond donors (Lipinski definition) is 0. The van der Waals surface area contributed by atoms with E-state index in [-0.39, 0.29) is 0 Å². The van der Waals surface area contributed by atoms with E-state index in [4.69, 9.17) is 14.4 Å². The van der Waals surface area contributed by atoms with Crippen molar-refractivity contribution < 1.29 is 9.15 Å². The normalized spacial score (nSPS) is 11.0. The predicted molar refractivity (Wildman–Crippen MR) is 51.6 cm³/mol. The third-order valence-corrected chi connectivity index (χ3v) is 1.74. The van der Waals surface area contributed by atoms with Crippen LogP contribution in [0.1, 0.15) is 12.7 Å². The largest absolute Gasteiger partial charge is 0.489 e. The lowest BCUT2D eigenvalue weighted by molar-refractivity contribution is 0.286. The SMILES string of the molecule is CCO/C(=C\C#N)c1ccc(Br)o1. The van der Waals surface area contributed by atoms with E-state index in [1.807, 2.05) is 13.0 Å². The number of allylic oxidation sites excluding steroid dienone is 1. The summed E-state index contributed by atoms with van der Waals surface area (Å²) in [4.78, 5) is 0. The summed E-state index contributed by atoms with van der Waals surface area (Å²) in [5.74, 6) is 1.01. The number of nitrogens with zero attached hydrogens (tertiary/aromatic N) is 1. The summed E-state index contributed by atoms with van der Waals surface area (Å²) in [5, 5.41) is 8.47. The van der Waals surface area contributed by atoms with Crippen molar-refractivity contribution in [3.8, 4) is 6.07 Å². The molecule has 1 aromatic heterocycles. The molecule has 0 aliphatic heterocycles. The van der Waals surface area contributed by atoms with E-state index in [1.54, 1.807) is 12.1 Å². The van der Waals surface area contributed by atoms with Gasteiger partial charge in [0.25, 0.3) is 0 Å². The number of hydrogen-bond acceptors (Lipinski definition) is 3. The van der Waals surface area contributed by atoms with E-state index in [1.165, 1.54) is 6.08 Å². The van der Waals surface area contributed by atoms with E-state index in [0.29, 0.717) is 22.8 Å². The third-order valence-electron chi connectivity index (χ3n) is 1.31. The molecular formula is C9H8BrNO2. The van der Waals surface area contributed by atoms with Crippen LogP contribution >= 0.6 is 15.9 Å². The van der Waals surface area contributed by atoms with Gasteiger partial charge in [0.05, 0.1) is 18.8 Å². The average Bonchev–Trinajstić information content (AvgIpc) is 2.51. The van der Waals surface area contributed by atoms with Gasteiger partial charge in [0, 0.05) is 0 Å². The molecule has 1 heterocycles. The molecule has 0 unspecified atom stereocenters. The molecule has 0 bridgehead atoms. The molecule has 0 fully saturated rings. The fourth-order valence-corrected chi connectivity index (χ4v) is 1.15. The van der Waals surface area contributed by atoms with Crippen LogP contribution in [0.15, 0.2) is 27.3 Å². The second-order valence-electron chi connectivity index (χ2n) is 2.17. The average molecular weight is 242 g/mol. The summed E-state index contributed by atoms with van der Waals surface area (Å²) in [6.07, 6.45) is 1.31. The molecule has 0 N–H and O–H groups in total. The summed E-state index contributed by atoms with van der Waals surface area (Å²) in [6.45, 7) is 2.36. The Morgan fingerprint density at radius 1 is 1.77 bits per heavy atom. The Bertz CT molecular complexity index is 349. The minimum Gasteiger partial charge on any atom is -0.489 e. The Balaban J connectivity index is 2.90. The van der Waals surface area contributed by atoms with Crippen LogP contribution in [0.5, 0.6) is 0 Å². The molecule has 0 saturated heterocycles. The number of nitriles is 1. The highest BCUT2D eigenvalue weighted by molar-refractivity contribution is 9.10. The standard InChI is InChI=1S/C9H8BrNO2/c1-2-12-7(5-6-11)8-3-4-9(10)13-8/h3-5H,2H2,1H3/b7-5-. The van der Waals surface area contributed by atoms with Crippen molar-refractivity contribution in [2.75, 3.05) is 6.61 Å². The molecule has 13 heavy (non-hydrogen) atoms. The lowest BCUT2D eigenvalue weighted by Crippen LogP contribution is -1.88. The van der Waals surface area contributed by atoms with Gasteiger partial charge in [-0.3, -0.25) is 0 Å². The molecule has 0 radical (unpaired) electrons. The zero-order chi connectivity index (χ0) is 9.68. The predicted octanol–water partition coefficient (Wildman–Crippen LogP) is 2.94. The molecular weight excluding hydrogens is 234 g/mol. The first-order valence-corrected chi connectivity index (χ1v) is 4.55. The highest BCUT2D eigenvalue weighted by Gasteiger charge is 2.06. The fraction of sp³-hybridized carbons (Fsp3) is 0.222. The molecule has 0 spiro atoms. The summed E-state index contributed by atoms with van der Waals surface area (Å²) in [5.41, 5.74) is 0. The van der Waals surface area contributed by atoms with E-state index in [9.17, 15) is 0 Å². The van der Waals surface area contributed by atoms with E-state index < -0.39 is 0 Å². The highest BCUT2D eigenvalue weighted by atomic mass is 79.9. The molecule has 68 valence electrons. The quantitative estimate of drug-likeness (QED) is 0.604. The van der Waals surface area contributed by atoms with E-state index in [2.05, 4.69) is 15.9 Å². The van der Waals surface area contributed by atoms with Gasteiger partial charge in [-0.1, -0.05) is 0 Å². The topological polar surface area (TPSA) is 46.2 Å². The Labute approximate surface area is 84.7 Å². The maximum Gasteiger partial charge on any atom is 0.172 e. The van der Waals surface area contributed by atoms with Gasteiger partial charge in [0.2, 0.25) is 0 Å². The molecule has 0 aromatic carbocycles.